The maximum absolute atomic E-state index is 12.1. The topological polar surface area (TPSA) is 78.3 Å². The lowest BCUT2D eigenvalue weighted by Gasteiger charge is -2.10. The lowest BCUT2D eigenvalue weighted by atomic mass is 10.2. The third kappa shape index (κ3) is 5.84. The molecule has 1 N–H and O–H groups in total. The first-order chi connectivity index (χ1) is 15.2. The van der Waals surface area contributed by atoms with Gasteiger partial charge < -0.3 is 19.4 Å². The summed E-state index contributed by atoms with van der Waals surface area (Å²) < 4.78 is 13.6. The average Bonchev–Trinajstić information content (AvgIpc) is 3.01. The number of benzene rings is 2. The molecule has 0 saturated heterocycles. The van der Waals surface area contributed by atoms with E-state index in [0.29, 0.717) is 24.5 Å². The summed E-state index contributed by atoms with van der Waals surface area (Å²) in [6, 6.07) is 15.1. The van der Waals surface area contributed by atoms with Crippen LogP contribution in [0.4, 0.5) is 0 Å². The Kier molecular flexibility index (Phi) is 6.82. The van der Waals surface area contributed by atoms with Crippen molar-refractivity contribution in [3.63, 3.8) is 0 Å². The summed E-state index contributed by atoms with van der Waals surface area (Å²) in [4.78, 5) is 12.1. The van der Waals surface area contributed by atoms with Gasteiger partial charge in [-0.15, -0.1) is 10.2 Å². The molecule has 0 saturated carbocycles. The molecule has 2 aromatic carbocycles. The van der Waals surface area contributed by atoms with Gasteiger partial charge in [0.15, 0.2) is 6.61 Å². The molecule has 1 aromatic heterocycles. The number of rotatable bonds is 8. The van der Waals surface area contributed by atoms with Gasteiger partial charge in [-0.05, 0) is 56.2 Å². The second-order valence-electron chi connectivity index (χ2n) is 7.77. The van der Waals surface area contributed by atoms with Gasteiger partial charge in [-0.3, -0.25) is 4.79 Å². The van der Waals surface area contributed by atoms with Gasteiger partial charge in [0.05, 0.1) is 0 Å². The molecule has 4 rings (SSSR count). The van der Waals surface area contributed by atoms with Gasteiger partial charge in [0.2, 0.25) is 0 Å². The van der Waals surface area contributed by atoms with Crippen LogP contribution in [-0.4, -0.2) is 33.8 Å². The van der Waals surface area contributed by atoms with E-state index in [1.54, 1.807) is 12.1 Å². The van der Waals surface area contributed by atoms with Crippen LogP contribution >= 0.6 is 0 Å². The highest BCUT2D eigenvalue weighted by molar-refractivity contribution is 5.77. The fraction of sp³-hybridized carbons (Fsp3) is 0.375. The largest absolute Gasteiger partial charge is 0.484 e. The Bertz CT molecular complexity index is 997. The maximum Gasteiger partial charge on any atom is 0.257 e. The van der Waals surface area contributed by atoms with E-state index >= 15 is 0 Å². The Labute approximate surface area is 182 Å². The predicted octanol–water partition coefficient (Wildman–Crippen LogP) is 3.84. The van der Waals surface area contributed by atoms with Crippen LogP contribution in [0.5, 0.6) is 17.2 Å². The molecule has 0 radical (unpaired) electrons. The summed E-state index contributed by atoms with van der Waals surface area (Å²) in [6.07, 6.45) is 5.22. The number of hydrogen-bond donors (Lipinski definition) is 1. The van der Waals surface area contributed by atoms with Crippen LogP contribution in [0.3, 0.4) is 0 Å². The van der Waals surface area contributed by atoms with Crippen LogP contribution in [-0.2, 0) is 24.2 Å². The molecule has 0 fully saturated rings. The predicted molar refractivity (Wildman–Crippen MR) is 117 cm³/mol. The summed E-state index contributed by atoms with van der Waals surface area (Å²) >= 11 is 0. The zero-order valence-electron chi connectivity index (χ0n) is 17.8. The van der Waals surface area contributed by atoms with E-state index in [9.17, 15) is 4.79 Å². The molecular weight excluding hydrogens is 392 g/mol. The number of amides is 1. The van der Waals surface area contributed by atoms with E-state index in [1.807, 2.05) is 43.3 Å². The van der Waals surface area contributed by atoms with E-state index in [-0.39, 0.29) is 12.5 Å². The van der Waals surface area contributed by atoms with Gasteiger partial charge in [0.1, 0.15) is 28.9 Å². The van der Waals surface area contributed by atoms with Crippen molar-refractivity contribution in [1.82, 2.24) is 20.1 Å². The van der Waals surface area contributed by atoms with Crippen molar-refractivity contribution in [3.8, 4) is 17.2 Å². The molecule has 0 unspecified atom stereocenters. The smallest absolute Gasteiger partial charge is 0.257 e. The lowest BCUT2D eigenvalue weighted by Crippen LogP contribution is -2.31. The fourth-order valence-corrected chi connectivity index (χ4v) is 3.59. The Morgan fingerprint density at radius 1 is 0.968 bits per heavy atom. The highest BCUT2D eigenvalue weighted by atomic mass is 16.5. The molecule has 0 aliphatic carbocycles. The molecule has 1 amide bonds. The minimum Gasteiger partial charge on any atom is -0.484 e. The van der Waals surface area contributed by atoms with E-state index in [2.05, 4.69) is 20.1 Å². The fourth-order valence-electron chi connectivity index (χ4n) is 3.59. The molecule has 7 nitrogen and oxygen atoms in total. The SMILES string of the molecule is Cc1ccc(Oc2ccc(OCC(=O)NCCc3nnc4n3CCCCC4)cc2)cc1. The monoisotopic (exact) mass is 420 g/mol. The van der Waals surface area contributed by atoms with E-state index < -0.39 is 0 Å². The summed E-state index contributed by atoms with van der Waals surface area (Å²) in [7, 11) is 0. The minimum absolute atomic E-state index is 0.0316. The molecule has 0 atom stereocenters. The zero-order chi connectivity index (χ0) is 21.5. The number of hydrogen-bond acceptors (Lipinski definition) is 5. The summed E-state index contributed by atoms with van der Waals surface area (Å²) in [5.74, 6) is 3.97. The van der Waals surface area contributed by atoms with Crippen LogP contribution in [0.1, 0.15) is 36.5 Å². The van der Waals surface area contributed by atoms with Crippen molar-refractivity contribution >= 4 is 5.91 Å². The van der Waals surface area contributed by atoms with Crippen molar-refractivity contribution in [3.05, 3.63) is 65.7 Å². The molecule has 3 aromatic rings. The van der Waals surface area contributed by atoms with Crippen LogP contribution in [0, 0.1) is 6.92 Å². The van der Waals surface area contributed by atoms with Crippen molar-refractivity contribution in [2.24, 2.45) is 0 Å². The second-order valence-corrected chi connectivity index (χ2v) is 7.77. The number of aromatic nitrogens is 3. The normalized spacial score (nSPS) is 13.2. The van der Waals surface area contributed by atoms with Gasteiger partial charge in [-0.2, -0.15) is 0 Å². The van der Waals surface area contributed by atoms with Crippen LogP contribution in [0.25, 0.3) is 0 Å². The van der Waals surface area contributed by atoms with Gasteiger partial charge >= 0.3 is 0 Å². The molecule has 162 valence electrons. The Morgan fingerprint density at radius 3 is 2.45 bits per heavy atom. The van der Waals surface area contributed by atoms with Gasteiger partial charge in [0, 0.05) is 25.9 Å². The molecule has 31 heavy (non-hydrogen) atoms. The summed E-state index contributed by atoms with van der Waals surface area (Å²) in [5.41, 5.74) is 1.19. The van der Waals surface area contributed by atoms with E-state index in [0.717, 1.165) is 36.8 Å². The standard InChI is InChI=1S/C24H28N4O3/c1-18-6-8-20(9-7-18)31-21-12-10-19(11-13-21)30-17-24(29)25-15-14-23-27-26-22-5-3-2-4-16-28(22)23/h6-13H,2-5,14-17H2,1H3,(H,25,29). The number of nitrogens with zero attached hydrogens (tertiary/aromatic N) is 3. The van der Waals surface area contributed by atoms with Gasteiger partial charge in [-0.1, -0.05) is 24.1 Å². The van der Waals surface area contributed by atoms with Crippen molar-refractivity contribution in [2.75, 3.05) is 13.2 Å². The number of carbonyl (C=O) groups is 1. The van der Waals surface area contributed by atoms with Crippen molar-refractivity contribution in [2.45, 2.75) is 45.6 Å². The van der Waals surface area contributed by atoms with Crippen molar-refractivity contribution < 1.29 is 14.3 Å². The molecule has 0 spiro atoms. The summed E-state index contributed by atoms with van der Waals surface area (Å²) in [6.45, 7) is 3.49. The number of ether oxygens (including phenoxy) is 2. The molecule has 7 heteroatoms. The minimum atomic E-state index is -0.157. The maximum atomic E-state index is 12.1. The number of nitrogens with one attached hydrogen (secondary N) is 1. The number of fused-ring (bicyclic) bond motifs is 1. The molecule has 1 aliphatic heterocycles. The third-order valence-electron chi connectivity index (χ3n) is 5.31. The molecular formula is C24H28N4O3. The molecule has 0 bridgehead atoms. The van der Waals surface area contributed by atoms with Gasteiger partial charge in [0.25, 0.3) is 5.91 Å². The molecule has 1 aliphatic rings. The third-order valence-corrected chi connectivity index (χ3v) is 5.31. The molecule has 2 heterocycles. The lowest BCUT2D eigenvalue weighted by molar-refractivity contribution is -0.123. The Morgan fingerprint density at radius 2 is 1.68 bits per heavy atom. The van der Waals surface area contributed by atoms with Crippen LogP contribution in [0.15, 0.2) is 48.5 Å². The van der Waals surface area contributed by atoms with Crippen LogP contribution in [0.2, 0.25) is 0 Å². The second kappa shape index (κ2) is 10.1. The van der Waals surface area contributed by atoms with E-state index in [1.165, 1.54) is 18.4 Å². The Balaban J connectivity index is 1.19. The summed E-state index contributed by atoms with van der Waals surface area (Å²) in [5, 5.41) is 11.5. The zero-order valence-corrected chi connectivity index (χ0v) is 17.8. The Hall–Kier alpha value is -3.35. The first-order valence-electron chi connectivity index (χ1n) is 10.8. The highest BCUT2D eigenvalue weighted by Crippen LogP contribution is 2.24. The first kappa shape index (κ1) is 20.9. The average molecular weight is 421 g/mol. The first-order valence-corrected chi connectivity index (χ1v) is 10.8. The van der Waals surface area contributed by atoms with Crippen LogP contribution < -0.4 is 14.8 Å². The number of aryl methyl sites for hydroxylation is 2. The van der Waals surface area contributed by atoms with E-state index in [4.69, 9.17) is 9.47 Å². The highest BCUT2D eigenvalue weighted by Gasteiger charge is 2.14. The van der Waals surface area contributed by atoms with Crippen molar-refractivity contribution in [1.29, 1.82) is 0 Å². The quantitative estimate of drug-likeness (QED) is 0.599. The number of carbonyl (C=O) groups excluding carboxylic acids is 1. The van der Waals surface area contributed by atoms with Gasteiger partial charge in [-0.25, -0.2) is 0 Å².